The lowest BCUT2D eigenvalue weighted by Gasteiger charge is -2.34. The Morgan fingerprint density at radius 1 is 1.18 bits per heavy atom. The number of nitrogens with two attached hydrogens (primary N) is 1. The van der Waals surface area contributed by atoms with Gasteiger partial charge in [-0.15, -0.1) is 0 Å². The second kappa shape index (κ2) is 6.82. The number of halogens is 1. The van der Waals surface area contributed by atoms with Gasteiger partial charge < -0.3 is 10.3 Å². The van der Waals surface area contributed by atoms with Crippen LogP contribution in [0.4, 0.5) is 0 Å². The molecule has 5 heteroatoms. The molecule has 118 valence electrons. The Kier molecular flexibility index (Phi) is 4.81. The maximum Gasteiger partial charge on any atom is 0.152 e. The molecule has 0 amide bonds. The highest BCUT2D eigenvalue weighted by atomic mass is 35.5. The van der Waals surface area contributed by atoms with Crippen molar-refractivity contribution in [2.24, 2.45) is 12.8 Å². The molecule has 0 aliphatic carbocycles. The molecule has 2 aromatic rings. The lowest BCUT2D eigenvalue weighted by Crippen LogP contribution is -2.38. The fraction of sp³-hybridized carbons (Fsp3) is 0.471. The number of nitrogens with zero attached hydrogens (tertiary/aromatic N) is 3. The van der Waals surface area contributed by atoms with E-state index in [2.05, 4.69) is 26.6 Å². The molecule has 1 atom stereocenters. The van der Waals surface area contributed by atoms with Gasteiger partial charge in [-0.1, -0.05) is 48.4 Å². The SMILES string of the molecule is Cn1c(-c2ccccc2)nc(Cl)c1C(CN)N1CCCCC1. The number of rotatable bonds is 4. The second-order valence-electron chi connectivity index (χ2n) is 5.88. The number of imidazole rings is 1. The minimum absolute atomic E-state index is 0.141. The summed E-state index contributed by atoms with van der Waals surface area (Å²) in [6.07, 6.45) is 3.78. The highest BCUT2D eigenvalue weighted by molar-refractivity contribution is 6.30. The predicted octanol–water partition coefficient (Wildman–Crippen LogP) is 3.23. The molecule has 1 aliphatic heterocycles. The maximum absolute atomic E-state index is 6.48. The summed E-state index contributed by atoms with van der Waals surface area (Å²) in [5, 5.41) is 0.572. The van der Waals surface area contributed by atoms with Crippen LogP contribution in [0.3, 0.4) is 0 Å². The van der Waals surface area contributed by atoms with Crippen molar-refractivity contribution in [3.63, 3.8) is 0 Å². The predicted molar refractivity (Wildman–Crippen MR) is 90.9 cm³/mol. The molecule has 0 spiro atoms. The molecule has 2 N–H and O–H groups in total. The van der Waals surface area contributed by atoms with Crippen molar-refractivity contribution >= 4 is 11.6 Å². The summed E-state index contributed by atoms with van der Waals surface area (Å²) in [5.41, 5.74) is 8.19. The molecule has 1 saturated heterocycles. The minimum atomic E-state index is 0.141. The van der Waals surface area contributed by atoms with Gasteiger partial charge in [0.15, 0.2) is 5.15 Å². The maximum atomic E-state index is 6.48. The van der Waals surface area contributed by atoms with Crippen LogP contribution in [-0.4, -0.2) is 34.1 Å². The first-order chi connectivity index (χ1) is 10.7. The highest BCUT2D eigenvalue weighted by Crippen LogP contribution is 2.32. The first-order valence-corrected chi connectivity index (χ1v) is 8.32. The zero-order chi connectivity index (χ0) is 15.5. The number of likely N-dealkylation sites (tertiary alicyclic amines) is 1. The monoisotopic (exact) mass is 318 g/mol. The summed E-state index contributed by atoms with van der Waals surface area (Å²) < 4.78 is 2.10. The molecule has 22 heavy (non-hydrogen) atoms. The molecular formula is C17H23ClN4. The Bertz CT molecular complexity index is 617. The standard InChI is InChI=1S/C17H23ClN4/c1-21-15(14(12-19)22-10-6-3-7-11-22)16(18)20-17(21)13-8-4-2-5-9-13/h2,4-5,8-9,14H,3,6-7,10-12,19H2,1H3. The Morgan fingerprint density at radius 2 is 1.86 bits per heavy atom. The van der Waals surface area contributed by atoms with E-state index in [0.29, 0.717) is 11.7 Å². The Labute approximate surface area is 136 Å². The summed E-state index contributed by atoms with van der Waals surface area (Å²) in [7, 11) is 2.03. The average molecular weight is 319 g/mol. The fourth-order valence-electron chi connectivity index (χ4n) is 3.35. The average Bonchev–Trinajstić information content (AvgIpc) is 2.86. The number of hydrogen-bond donors (Lipinski definition) is 1. The number of aromatic nitrogens is 2. The summed E-state index contributed by atoms with van der Waals surface area (Å²) in [5.74, 6) is 0.899. The van der Waals surface area contributed by atoms with Crippen molar-refractivity contribution in [1.82, 2.24) is 14.5 Å². The Hall–Kier alpha value is -1.36. The van der Waals surface area contributed by atoms with Crippen LogP contribution in [0.1, 0.15) is 31.0 Å². The van der Waals surface area contributed by atoms with Crippen molar-refractivity contribution in [2.75, 3.05) is 19.6 Å². The first-order valence-electron chi connectivity index (χ1n) is 7.94. The van der Waals surface area contributed by atoms with Gasteiger partial charge in [-0.3, -0.25) is 4.90 Å². The van der Waals surface area contributed by atoms with E-state index in [0.717, 1.165) is 30.2 Å². The Morgan fingerprint density at radius 3 is 2.50 bits per heavy atom. The molecule has 0 bridgehead atoms. The van der Waals surface area contributed by atoms with Crippen LogP contribution in [0.5, 0.6) is 0 Å². The summed E-state index contributed by atoms with van der Waals surface area (Å²) in [4.78, 5) is 7.04. The van der Waals surface area contributed by atoms with Crippen LogP contribution in [-0.2, 0) is 7.05 Å². The number of piperidine rings is 1. The van der Waals surface area contributed by atoms with E-state index in [1.807, 2.05) is 25.2 Å². The number of benzene rings is 1. The van der Waals surface area contributed by atoms with Gasteiger partial charge in [0, 0.05) is 19.2 Å². The summed E-state index contributed by atoms with van der Waals surface area (Å²) in [6.45, 7) is 2.74. The molecule has 1 aliphatic rings. The van der Waals surface area contributed by atoms with Gasteiger partial charge in [-0.05, 0) is 25.9 Å². The van der Waals surface area contributed by atoms with Gasteiger partial charge in [-0.25, -0.2) is 4.98 Å². The van der Waals surface area contributed by atoms with Gasteiger partial charge in [0.2, 0.25) is 0 Å². The number of hydrogen-bond acceptors (Lipinski definition) is 3. The topological polar surface area (TPSA) is 47.1 Å². The molecule has 0 saturated carbocycles. The lowest BCUT2D eigenvalue weighted by molar-refractivity contribution is 0.162. The molecular weight excluding hydrogens is 296 g/mol. The van der Waals surface area contributed by atoms with Crippen molar-refractivity contribution in [3.05, 3.63) is 41.2 Å². The third-order valence-corrected chi connectivity index (χ3v) is 4.77. The van der Waals surface area contributed by atoms with Gasteiger partial charge in [0.1, 0.15) is 5.82 Å². The van der Waals surface area contributed by atoms with Crippen LogP contribution in [0.2, 0.25) is 5.15 Å². The Balaban J connectivity index is 1.97. The molecule has 3 rings (SSSR count). The molecule has 2 heterocycles. The van der Waals surface area contributed by atoms with Crippen molar-refractivity contribution in [2.45, 2.75) is 25.3 Å². The van der Waals surface area contributed by atoms with E-state index < -0.39 is 0 Å². The minimum Gasteiger partial charge on any atom is -0.329 e. The third kappa shape index (κ3) is 2.91. The van der Waals surface area contributed by atoms with E-state index in [-0.39, 0.29) is 6.04 Å². The first kappa shape index (κ1) is 15.5. The molecule has 4 nitrogen and oxygen atoms in total. The van der Waals surface area contributed by atoms with Gasteiger partial charge in [0.25, 0.3) is 0 Å². The summed E-state index contributed by atoms with van der Waals surface area (Å²) >= 11 is 6.48. The largest absolute Gasteiger partial charge is 0.329 e. The highest BCUT2D eigenvalue weighted by Gasteiger charge is 2.27. The van der Waals surface area contributed by atoms with E-state index in [1.54, 1.807) is 0 Å². The van der Waals surface area contributed by atoms with Crippen LogP contribution in [0.25, 0.3) is 11.4 Å². The van der Waals surface area contributed by atoms with Crippen molar-refractivity contribution in [1.29, 1.82) is 0 Å². The van der Waals surface area contributed by atoms with Crippen LogP contribution < -0.4 is 5.73 Å². The normalized spacial score (nSPS) is 17.6. The van der Waals surface area contributed by atoms with Crippen molar-refractivity contribution < 1.29 is 0 Å². The van der Waals surface area contributed by atoms with E-state index in [4.69, 9.17) is 17.3 Å². The lowest BCUT2D eigenvalue weighted by atomic mass is 10.1. The molecule has 1 aromatic carbocycles. The van der Waals surface area contributed by atoms with Gasteiger partial charge in [-0.2, -0.15) is 0 Å². The summed E-state index contributed by atoms with van der Waals surface area (Å²) in [6, 6.07) is 10.3. The van der Waals surface area contributed by atoms with Gasteiger partial charge in [0.05, 0.1) is 11.7 Å². The van der Waals surface area contributed by atoms with Gasteiger partial charge >= 0.3 is 0 Å². The smallest absolute Gasteiger partial charge is 0.152 e. The molecule has 1 unspecified atom stereocenters. The van der Waals surface area contributed by atoms with E-state index >= 15 is 0 Å². The molecule has 0 radical (unpaired) electrons. The van der Waals surface area contributed by atoms with Crippen LogP contribution >= 0.6 is 11.6 Å². The van der Waals surface area contributed by atoms with Crippen LogP contribution in [0.15, 0.2) is 30.3 Å². The van der Waals surface area contributed by atoms with Crippen molar-refractivity contribution in [3.8, 4) is 11.4 Å². The van der Waals surface area contributed by atoms with E-state index in [1.165, 1.54) is 19.3 Å². The molecule has 1 fully saturated rings. The van der Waals surface area contributed by atoms with Crippen LogP contribution in [0, 0.1) is 0 Å². The third-order valence-electron chi connectivity index (χ3n) is 4.50. The quantitative estimate of drug-likeness (QED) is 0.941. The zero-order valence-electron chi connectivity index (χ0n) is 13.0. The van der Waals surface area contributed by atoms with E-state index in [9.17, 15) is 0 Å². The fourth-order valence-corrected chi connectivity index (χ4v) is 3.68. The second-order valence-corrected chi connectivity index (χ2v) is 6.24. The molecule has 1 aromatic heterocycles. The zero-order valence-corrected chi connectivity index (χ0v) is 13.8.